The zero-order valence-corrected chi connectivity index (χ0v) is 24.8. The molecule has 0 aliphatic heterocycles. The molecule has 0 radical (unpaired) electrons. The second-order valence-corrected chi connectivity index (χ2v) is 11.0. The molecule has 6 heteroatoms. The average Bonchev–Trinajstić information content (AvgIpc) is 2.89. The predicted molar refractivity (Wildman–Crippen MR) is 151 cm³/mol. The topological polar surface area (TPSA) is 120 Å². The molecular formula is C33H51O6-3. The molecule has 1 aromatic carbocycles. The van der Waals surface area contributed by atoms with Crippen LogP contribution in [0.25, 0.3) is 0 Å². The van der Waals surface area contributed by atoms with Crippen LogP contribution in [0.5, 0.6) is 0 Å². The van der Waals surface area contributed by atoms with Crippen molar-refractivity contribution in [3.05, 3.63) is 33.4 Å². The van der Waals surface area contributed by atoms with E-state index in [0.29, 0.717) is 43.2 Å². The standard InChI is InChI=1S/C33H54O6/c1-4-7-10-13-16-19-22-25-26(23-20-17-14-11-8-5-2)29(32(36)37)30(33(38)39)27(28(25)31(34)35)24-21-18-15-12-9-6-3/h4-24H2,1-3H3,(H,34,35)(H,36,37)(H,38,39)/p-3. The Balaban J connectivity index is 3.49. The maximum atomic E-state index is 12.6. The average molecular weight is 544 g/mol. The van der Waals surface area contributed by atoms with Crippen LogP contribution in [-0.2, 0) is 19.3 Å². The van der Waals surface area contributed by atoms with Crippen LogP contribution in [0.3, 0.4) is 0 Å². The van der Waals surface area contributed by atoms with Gasteiger partial charge in [0.15, 0.2) is 0 Å². The summed E-state index contributed by atoms with van der Waals surface area (Å²) >= 11 is 0. The fourth-order valence-corrected chi connectivity index (χ4v) is 5.66. The van der Waals surface area contributed by atoms with E-state index >= 15 is 0 Å². The predicted octanol–water partition coefficient (Wildman–Crippen LogP) is 5.49. The Kier molecular flexibility index (Phi) is 18.2. The van der Waals surface area contributed by atoms with Gasteiger partial charge in [0.1, 0.15) is 0 Å². The van der Waals surface area contributed by atoms with Gasteiger partial charge in [0.05, 0.1) is 17.9 Å². The van der Waals surface area contributed by atoms with Gasteiger partial charge in [-0.25, -0.2) is 0 Å². The third kappa shape index (κ3) is 12.1. The first-order valence-corrected chi connectivity index (χ1v) is 15.7. The van der Waals surface area contributed by atoms with Crippen LogP contribution < -0.4 is 15.3 Å². The number of rotatable bonds is 24. The molecule has 0 heterocycles. The van der Waals surface area contributed by atoms with Gasteiger partial charge in [-0.1, -0.05) is 117 Å². The lowest BCUT2D eigenvalue weighted by atomic mass is 9.80. The monoisotopic (exact) mass is 543 g/mol. The van der Waals surface area contributed by atoms with Crippen LogP contribution in [0.2, 0.25) is 0 Å². The van der Waals surface area contributed by atoms with Crippen molar-refractivity contribution in [2.75, 3.05) is 0 Å². The molecule has 0 fully saturated rings. The van der Waals surface area contributed by atoms with Gasteiger partial charge in [0.25, 0.3) is 0 Å². The molecule has 0 atom stereocenters. The molecule has 0 N–H and O–H groups in total. The number of carbonyl (C=O) groups is 3. The van der Waals surface area contributed by atoms with E-state index < -0.39 is 23.5 Å². The molecule has 0 saturated carbocycles. The van der Waals surface area contributed by atoms with Crippen molar-refractivity contribution in [3.8, 4) is 0 Å². The van der Waals surface area contributed by atoms with Crippen LogP contribution in [0, 0.1) is 0 Å². The minimum absolute atomic E-state index is 0.0392. The first-order chi connectivity index (χ1) is 18.8. The highest BCUT2D eigenvalue weighted by molar-refractivity contribution is 6.06. The summed E-state index contributed by atoms with van der Waals surface area (Å²) in [5, 5.41) is 37.4. The Hall–Kier alpha value is -2.37. The van der Waals surface area contributed by atoms with E-state index in [2.05, 4.69) is 20.8 Å². The number of carboxylic acid groups (broad SMARTS) is 3. The molecular weight excluding hydrogens is 492 g/mol. The van der Waals surface area contributed by atoms with E-state index in [9.17, 15) is 29.7 Å². The normalized spacial score (nSPS) is 11.2. The molecule has 1 rings (SSSR count). The molecule has 0 aliphatic carbocycles. The van der Waals surface area contributed by atoms with Gasteiger partial charge in [0, 0.05) is 16.7 Å². The SMILES string of the molecule is CCCCCCCCc1c(CCCCCCCC)c(C(=O)[O-])c(C(=O)[O-])c(CCCCCCCC)c1C(=O)[O-]. The minimum atomic E-state index is -1.66. The second kappa shape index (κ2) is 20.5. The number of hydrogen-bond donors (Lipinski definition) is 0. The second-order valence-electron chi connectivity index (χ2n) is 11.0. The van der Waals surface area contributed by atoms with Crippen LogP contribution in [0.1, 0.15) is 184 Å². The molecule has 1 aromatic rings. The quantitative estimate of drug-likeness (QED) is 0.159. The number of carboxylic acids is 3. The summed E-state index contributed by atoms with van der Waals surface area (Å²) in [6.07, 6.45) is 18.3. The summed E-state index contributed by atoms with van der Waals surface area (Å²) in [4.78, 5) is 37.4. The number of benzene rings is 1. The van der Waals surface area contributed by atoms with Crippen LogP contribution in [-0.4, -0.2) is 17.9 Å². The van der Waals surface area contributed by atoms with Crippen LogP contribution >= 0.6 is 0 Å². The summed E-state index contributed by atoms with van der Waals surface area (Å²) in [5.41, 5.74) is -0.251. The summed E-state index contributed by atoms with van der Waals surface area (Å²) in [6, 6.07) is 0. The van der Waals surface area contributed by atoms with Crippen LogP contribution in [0.15, 0.2) is 0 Å². The summed E-state index contributed by atoms with van der Waals surface area (Å²) < 4.78 is 0. The molecule has 222 valence electrons. The van der Waals surface area contributed by atoms with Gasteiger partial charge < -0.3 is 29.7 Å². The van der Waals surface area contributed by atoms with Crippen LogP contribution in [0.4, 0.5) is 0 Å². The molecule has 0 spiro atoms. The smallest absolute Gasteiger partial charge is 0.0725 e. The first-order valence-electron chi connectivity index (χ1n) is 15.7. The third-order valence-corrected chi connectivity index (χ3v) is 7.77. The van der Waals surface area contributed by atoms with E-state index in [1.807, 2.05) is 0 Å². The molecule has 0 aliphatic rings. The third-order valence-electron chi connectivity index (χ3n) is 7.77. The molecule has 0 saturated heterocycles. The Morgan fingerprint density at radius 2 is 0.641 bits per heavy atom. The zero-order chi connectivity index (χ0) is 29.0. The van der Waals surface area contributed by atoms with E-state index in [1.54, 1.807) is 0 Å². The van der Waals surface area contributed by atoms with Crippen molar-refractivity contribution in [2.24, 2.45) is 0 Å². The fraction of sp³-hybridized carbons (Fsp3) is 0.727. The van der Waals surface area contributed by atoms with Crippen molar-refractivity contribution in [1.82, 2.24) is 0 Å². The summed E-state index contributed by atoms with van der Waals surface area (Å²) in [5.74, 6) is -4.67. The molecule has 39 heavy (non-hydrogen) atoms. The molecule has 0 unspecified atom stereocenters. The number of carbonyl (C=O) groups excluding carboxylic acids is 3. The number of hydrogen-bond acceptors (Lipinski definition) is 6. The van der Waals surface area contributed by atoms with E-state index in [1.165, 1.54) is 0 Å². The maximum absolute atomic E-state index is 12.6. The number of aromatic carboxylic acids is 3. The lowest BCUT2D eigenvalue weighted by Gasteiger charge is -2.28. The highest BCUT2D eigenvalue weighted by Crippen LogP contribution is 2.32. The molecule has 0 aromatic heterocycles. The van der Waals surface area contributed by atoms with Crippen molar-refractivity contribution < 1.29 is 29.7 Å². The van der Waals surface area contributed by atoms with Crippen molar-refractivity contribution in [2.45, 2.75) is 156 Å². The van der Waals surface area contributed by atoms with Crippen molar-refractivity contribution in [1.29, 1.82) is 0 Å². The largest absolute Gasteiger partial charge is 0.545 e. The molecule has 0 bridgehead atoms. The minimum Gasteiger partial charge on any atom is -0.545 e. The van der Waals surface area contributed by atoms with E-state index in [-0.39, 0.29) is 23.1 Å². The van der Waals surface area contributed by atoms with Gasteiger partial charge in [-0.05, 0) is 55.2 Å². The summed E-state index contributed by atoms with van der Waals surface area (Å²) in [7, 11) is 0. The van der Waals surface area contributed by atoms with Crippen molar-refractivity contribution >= 4 is 17.9 Å². The van der Waals surface area contributed by atoms with Gasteiger partial charge >= 0.3 is 0 Å². The lowest BCUT2D eigenvalue weighted by Crippen LogP contribution is -2.36. The molecule has 6 nitrogen and oxygen atoms in total. The van der Waals surface area contributed by atoms with Gasteiger partial charge in [-0.3, -0.25) is 0 Å². The Morgan fingerprint density at radius 1 is 0.385 bits per heavy atom. The highest BCUT2D eigenvalue weighted by Gasteiger charge is 2.25. The lowest BCUT2D eigenvalue weighted by molar-refractivity contribution is -0.260. The van der Waals surface area contributed by atoms with Gasteiger partial charge in [-0.2, -0.15) is 0 Å². The zero-order valence-electron chi connectivity index (χ0n) is 24.8. The fourth-order valence-electron chi connectivity index (χ4n) is 5.66. The van der Waals surface area contributed by atoms with Crippen molar-refractivity contribution in [3.63, 3.8) is 0 Å². The number of unbranched alkanes of at least 4 members (excludes halogenated alkanes) is 15. The Bertz CT molecular complexity index is 889. The maximum Gasteiger partial charge on any atom is 0.0725 e. The van der Waals surface area contributed by atoms with Gasteiger partial charge in [0.2, 0.25) is 0 Å². The van der Waals surface area contributed by atoms with E-state index in [0.717, 1.165) is 96.3 Å². The highest BCUT2D eigenvalue weighted by atomic mass is 16.4. The van der Waals surface area contributed by atoms with Gasteiger partial charge in [-0.15, -0.1) is 0 Å². The Morgan fingerprint density at radius 3 is 0.974 bits per heavy atom. The first kappa shape index (κ1) is 34.7. The molecule has 0 amide bonds. The Labute approximate surface area is 236 Å². The van der Waals surface area contributed by atoms with E-state index in [4.69, 9.17) is 0 Å². The summed E-state index contributed by atoms with van der Waals surface area (Å²) in [6.45, 7) is 6.40.